The van der Waals surface area contributed by atoms with E-state index in [0.717, 1.165) is 0 Å². The number of nitrogens with zero attached hydrogens (tertiary/aromatic N) is 5. The van der Waals surface area contributed by atoms with E-state index < -0.39 is 25.2 Å². The standard InChI is InChI=1S/C18H16F3N5O2/c1-25-10-13(9-24-25)17-23-7-6-16(26(17)14(8-22)11-27)12-2-4-15(5-3-12)28-18(19,20)21/h2-7,9-10,14,17,27H,11H2,1H3/t14-,17?/m0/s1. The lowest BCUT2D eigenvalue weighted by Crippen LogP contribution is -2.39. The maximum absolute atomic E-state index is 12.4. The van der Waals surface area contributed by atoms with E-state index in [1.807, 2.05) is 6.07 Å². The van der Waals surface area contributed by atoms with Gasteiger partial charge >= 0.3 is 6.36 Å². The van der Waals surface area contributed by atoms with E-state index in [-0.39, 0.29) is 5.75 Å². The minimum atomic E-state index is -4.78. The number of allylic oxidation sites excluding steroid dienone is 1. The molecule has 0 spiro atoms. The average Bonchev–Trinajstić information content (AvgIpc) is 3.08. The minimum absolute atomic E-state index is 0.351. The lowest BCUT2D eigenvalue weighted by atomic mass is 10.0. The Bertz CT molecular complexity index is 928. The van der Waals surface area contributed by atoms with Gasteiger partial charge in [0.25, 0.3) is 0 Å². The molecule has 10 heteroatoms. The summed E-state index contributed by atoms with van der Waals surface area (Å²) in [6, 6.07) is 6.39. The highest BCUT2D eigenvalue weighted by atomic mass is 19.4. The highest BCUT2D eigenvalue weighted by molar-refractivity contribution is 5.86. The number of halogens is 3. The van der Waals surface area contributed by atoms with E-state index in [1.165, 1.54) is 24.3 Å². The molecule has 1 aliphatic heterocycles. The Balaban J connectivity index is 1.97. The first-order valence-corrected chi connectivity index (χ1v) is 8.19. The van der Waals surface area contributed by atoms with Crippen molar-refractivity contribution in [1.82, 2.24) is 14.7 Å². The number of nitriles is 1. The Morgan fingerprint density at radius 1 is 1.32 bits per heavy atom. The van der Waals surface area contributed by atoms with E-state index in [2.05, 4.69) is 14.8 Å². The van der Waals surface area contributed by atoms with Gasteiger partial charge in [0.05, 0.1) is 18.9 Å². The van der Waals surface area contributed by atoms with Crippen LogP contribution in [0.15, 0.2) is 47.7 Å². The second-order valence-corrected chi connectivity index (χ2v) is 5.98. The smallest absolute Gasteiger partial charge is 0.406 e. The normalized spacial score (nSPS) is 17.8. The van der Waals surface area contributed by atoms with Crippen molar-refractivity contribution >= 4 is 11.9 Å². The molecule has 0 bridgehead atoms. The van der Waals surface area contributed by atoms with Crippen LogP contribution in [0.5, 0.6) is 5.75 Å². The number of hydrogen-bond donors (Lipinski definition) is 1. The van der Waals surface area contributed by atoms with Gasteiger partial charge in [0.1, 0.15) is 11.8 Å². The molecule has 0 amide bonds. The van der Waals surface area contributed by atoms with Crippen molar-refractivity contribution in [2.45, 2.75) is 18.6 Å². The van der Waals surface area contributed by atoms with E-state index >= 15 is 0 Å². The predicted octanol–water partition coefficient (Wildman–Crippen LogP) is 2.63. The molecule has 0 saturated heterocycles. The maximum Gasteiger partial charge on any atom is 0.573 e. The van der Waals surface area contributed by atoms with Crippen molar-refractivity contribution in [1.29, 1.82) is 5.26 Å². The highest BCUT2D eigenvalue weighted by Gasteiger charge is 2.33. The fraction of sp³-hybridized carbons (Fsp3) is 0.278. The van der Waals surface area contributed by atoms with E-state index in [4.69, 9.17) is 0 Å². The van der Waals surface area contributed by atoms with Crippen LogP contribution >= 0.6 is 0 Å². The zero-order valence-corrected chi connectivity index (χ0v) is 14.7. The van der Waals surface area contributed by atoms with Gasteiger partial charge in [-0.3, -0.25) is 9.67 Å². The number of alkyl halides is 3. The lowest BCUT2D eigenvalue weighted by molar-refractivity contribution is -0.274. The molecule has 0 radical (unpaired) electrons. The number of aliphatic hydroxyl groups is 1. The van der Waals surface area contributed by atoms with Crippen LogP contribution in [0.1, 0.15) is 17.3 Å². The Labute approximate surface area is 158 Å². The molecule has 1 aromatic heterocycles. The average molecular weight is 391 g/mol. The van der Waals surface area contributed by atoms with Crippen LogP contribution in [0.4, 0.5) is 13.2 Å². The molecule has 0 saturated carbocycles. The first-order chi connectivity index (χ1) is 13.3. The first kappa shape index (κ1) is 19.4. The fourth-order valence-electron chi connectivity index (χ4n) is 2.91. The number of aliphatic hydroxyl groups excluding tert-OH is 1. The molecule has 7 nitrogen and oxygen atoms in total. The number of aryl methyl sites for hydroxylation is 1. The third-order valence-electron chi connectivity index (χ3n) is 4.07. The molecule has 3 rings (SSSR count). The molecule has 0 fully saturated rings. The summed E-state index contributed by atoms with van der Waals surface area (Å²) in [6.45, 7) is -0.449. The number of hydrogen-bond acceptors (Lipinski definition) is 6. The van der Waals surface area contributed by atoms with Crippen LogP contribution in [0.3, 0.4) is 0 Å². The SMILES string of the molecule is Cn1cc(C2N=CC=C(c3ccc(OC(F)(F)F)cc3)N2[C@@H](C#N)CO)cn1. The summed E-state index contributed by atoms with van der Waals surface area (Å²) in [7, 11) is 1.74. The molecular weight excluding hydrogens is 375 g/mol. The van der Waals surface area contributed by atoms with Crippen LogP contribution in [0.2, 0.25) is 0 Å². The van der Waals surface area contributed by atoms with E-state index in [0.29, 0.717) is 16.8 Å². The van der Waals surface area contributed by atoms with Gasteiger partial charge in [0, 0.05) is 30.7 Å². The number of ether oxygens (including phenoxy) is 1. The summed E-state index contributed by atoms with van der Waals surface area (Å²) in [4.78, 5) is 6.00. The number of aliphatic imine (C=N–C) groups is 1. The van der Waals surface area contributed by atoms with Crippen LogP contribution in [0, 0.1) is 11.3 Å². The Kier molecular flexibility index (Phi) is 5.37. The Morgan fingerprint density at radius 3 is 2.57 bits per heavy atom. The molecule has 1 aliphatic rings. The number of aromatic nitrogens is 2. The first-order valence-electron chi connectivity index (χ1n) is 8.19. The summed E-state index contributed by atoms with van der Waals surface area (Å²) in [6.07, 6.45) is 1.13. The largest absolute Gasteiger partial charge is 0.573 e. The summed E-state index contributed by atoms with van der Waals surface area (Å²) in [5, 5.41) is 23.3. The number of rotatable bonds is 5. The monoisotopic (exact) mass is 391 g/mol. The maximum atomic E-state index is 12.4. The molecule has 1 unspecified atom stereocenters. The van der Waals surface area contributed by atoms with Crippen LogP contribution in [-0.4, -0.2) is 45.0 Å². The second-order valence-electron chi connectivity index (χ2n) is 5.98. The molecule has 2 atom stereocenters. The van der Waals surface area contributed by atoms with Crippen LogP contribution in [0.25, 0.3) is 5.70 Å². The second kappa shape index (κ2) is 7.74. The van der Waals surface area contributed by atoms with Gasteiger partial charge in [0.2, 0.25) is 0 Å². The third kappa shape index (κ3) is 4.15. The number of benzene rings is 1. The molecule has 146 valence electrons. The molecule has 2 heterocycles. The molecule has 2 aromatic rings. The zero-order valence-electron chi connectivity index (χ0n) is 14.7. The van der Waals surface area contributed by atoms with Gasteiger partial charge in [0.15, 0.2) is 6.17 Å². The van der Waals surface area contributed by atoms with Gasteiger partial charge in [-0.2, -0.15) is 10.4 Å². The summed E-state index contributed by atoms with van der Waals surface area (Å²) in [5.41, 5.74) is 1.78. The Hall–Kier alpha value is -3.32. The highest BCUT2D eigenvalue weighted by Crippen LogP contribution is 2.36. The van der Waals surface area contributed by atoms with Crippen molar-refractivity contribution in [2.24, 2.45) is 12.0 Å². The zero-order chi connectivity index (χ0) is 20.3. The van der Waals surface area contributed by atoms with Crippen LogP contribution < -0.4 is 4.74 Å². The predicted molar refractivity (Wildman–Crippen MR) is 93.9 cm³/mol. The molecular formula is C18H16F3N5O2. The van der Waals surface area contributed by atoms with E-state index in [1.54, 1.807) is 41.3 Å². The van der Waals surface area contributed by atoms with Gasteiger partial charge in [-0.15, -0.1) is 13.2 Å². The van der Waals surface area contributed by atoms with Crippen molar-refractivity contribution in [3.05, 3.63) is 53.9 Å². The van der Waals surface area contributed by atoms with Gasteiger partial charge in [-0.1, -0.05) is 0 Å². The molecule has 0 aliphatic carbocycles. The minimum Gasteiger partial charge on any atom is -0.406 e. The van der Waals surface area contributed by atoms with Crippen LogP contribution in [-0.2, 0) is 7.05 Å². The van der Waals surface area contributed by atoms with Crippen molar-refractivity contribution < 1.29 is 23.0 Å². The topological polar surface area (TPSA) is 86.7 Å². The summed E-state index contributed by atoms with van der Waals surface area (Å²) < 4.78 is 42.6. The summed E-state index contributed by atoms with van der Waals surface area (Å²) in [5.74, 6) is -0.351. The quantitative estimate of drug-likeness (QED) is 0.847. The molecule has 28 heavy (non-hydrogen) atoms. The van der Waals surface area contributed by atoms with Crippen molar-refractivity contribution in [3.8, 4) is 11.8 Å². The molecule has 1 N–H and O–H groups in total. The van der Waals surface area contributed by atoms with Gasteiger partial charge < -0.3 is 14.7 Å². The summed E-state index contributed by atoms with van der Waals surface area (Å²) >= 11 is 0. The third-order valence-corrected chi connectivity index (χ3v) is 4.07. The van der Waals surface area contributed by atoms with Gasteiger partial charge in [-0.25, -0.2) is 0 Å². The Morgan fingerprint density at radius 2 is 2.04 bits per heavy atom. The van der Waals surface area contributed by atoms with E-state index in [9.17, 15) is 23.5 Å². The van der Waals surface area contributed by atoms with Gasteiger partial charge in [-0.05, 0) is 35.9 Å². The molecule has 1 aromatic carbocycles. The van der Waals surface area contributed by atoms with Crippen molar-refractivity contribution in [2.75, 3.05) is 6.61 Å². The fourth-order valence-corrected chi connectivity index (χ4v) is 2.91. The van der Waals surface area contributed by atoms with Crippen molar-refractivity contribution in [3.63, 3.8) is 0 Å². The lowest BCUT2D eigenvalue weighted by Gasteiger charge is -2.37.